The lowest BCUT2D eigenvalue weighted by atomic mass is 9.77. The zero-order chi connectivity index (χ0) is 11.5. The highest BCUT2D eigenvalue weighted by molar-refractivity contribution is 5.92. The van der Waals surface area contributed by atoms with E-state index in [0.29, 0.717) is 5.56 Å². The second-order valence-electron chi connectivity index (χ2n) is 4.21. The SMILES string of the molecule is CCC(C)(CC)c1cccc(C(N)=O)c1. The lowest BCUT2D eigenvalue weighted by Gasteiger charge is -2.27. The summed E-state index contributed by atoms with van der Waals surface area (Å²) in [5.41, 5.74) is 7.21. The van der Waals surface area contributed by atoms with E-state index in [9.17, 15) is 4.79 Å². The first kappa shape index (κ1) is 11.8. The van der Waals surface area contributed by atoms with E-state index in [1.165, 1.54) is 5.56 Å². The Morgan fingerprint density at radius 1 is 1.33 bits per heavy atom. The molecule has 1 aromatic rings. The molecule has 0 saturated heterocycles. The summed E-state index contributed by atoms with van der Waals surface area (Å²) >= 11 is 0. The molecule has 2 heteroatoms. The Hall–Kier alpha value is -1.31. The van der Waals surface area contributed by atoms with Gasteiger partial charge in [-0.15, -0.1) is 0 Å². The third-order valence-corrected chi connectivity index (χ3v) is 3.40. The summed E-state index contributed by atoms with van der Waals surface area (Å²) in [6.45, 7) is 6.55. The monoisotopic (exact) mass is 205 g/mol. The molecule has 0 fully saturated rings. The molecule has 0 bridgehead atoms. The van der Waals surface area contributed by atoms with Crippen molar-refractivity contribution in [3.05, 3.63) is 35.4 Å². The fourth-order valence-electron chi connectivity index (χ4n) is 1.71. The number of hydrogen-bond donors (Lipinski definition) is 1. The number of carbonyl (C=O) groups is 1. The van der Waals surface area contributed by atoms with Crippen LogP contribution in [0, 0.1) is 0 Å². The third-order valence-electron chi connectivity index (χ3n) is 3.40. The van der Waals surface area contributed by atoms with E-state index in [1.54, 1.807) is 6.07 Å². The van der Waals surface area contributed by atoms with Crippen LogP contribution in [0.15, 0.2) is 24.3 Å². The minimum atomic E-state index is -0.355. The first-order chi connectivity index (χ1) is 7.03. The van der Waals surface area contributed by atoms with Crippen LogP contribution in [0.5, 0.6) is 0 Å². The van der Waals surface area contributed by atoms with Gasteiger partial charge in [-0.2, -0.15) is 0 Å². The molecule has 2 nitrogen and oxygen atoms in total. The van der Waals surface area contributed by atoms with E-state index in [1.807, 2.05) is 12.1 Å². The average Bonchev–Trinajstić information content (AvgIpc) is 2.28. The van der Waals surface area contributed by atoms with Crippen LogP contribution < -0.4 is 5.73 Å². The zero-order valence-electron chi connectivity index (χ0n) is 9.71. The Morgan fingerprint density at radius 2 is 1.93 bits per heavy atom. The molecule has 0 spiro atoms. The number of benzene rings is 1. The fraction of sp³-hybridized carbons (Fsp3) is 0.462. The molecule has 0 saturated carbocycles. The molecular formula is C13H19NO. The highest BCUT2D eigenvalue weighted by Crippen LogP contribution is 2.31. The van der Waals surface area contributed by atoms with E-state index in [-0.39, 0.29) is 11.3 Å². The predicted octanol–water partition coefficient (Wildman–Crippen LogP) is 2.86. The molecule has 0 atom stereocenters. The Balaban J connectivity index is 3.14. The number of hydrogen-bond acceptors (Lipinski definition) is 1. The Labute approximate surface area is 91.5 Å². The van der Waals surface area contributed by atoms with Crippen molar-refractivity contribution in [2.45, 2.75) is 39.0 Å². The molecule has 0 unspecified atom stereocenters. The van der Waals surface area contributed by atoms with Gasteiger partial charge in [0, 0.05) is 5.56 Å². The van der Waals surface area contributed by atoms with Crippen molar-refractivity contribution in [1.29, 1.82) is 0 Å². The smallest absolute Gasteiger partial charge is 0.248 e. The Kier molecular flexibility index (Phi) is 3.51. The van der Waals surface area contributed by atoms with Crippen LogP contribution in [-0.4, -0.2) is 5.91 Å². The van der Waals surface area contributed by atoms with Crippen molar-refractivity contribution in [2.75, 3.05) is 0 Å². The summed E-state index contributed by atoms with van der Waals surface area (Å²) < 4.78 is 0. The number of primary amides is 1. The van der Waals surface area contributed by atoms with E-state index in [0.717, 1.165) is 12.8 Å². The Bertz CT molecular complexity index is 353. The van der Waals surface area contributed by atoms with Gasteiger partial charge in [0.25, 0.3) is 0 Å². The van der Waals surface area contributed by atoms with Gasteiger partial charge in [-0.25, -0.2) is 0 Å². The van der Waals surface area contributed by atoms with Crippen molar-refractivity contribution < 1.29 is 4.79 Å². The molecule has 2 N–H and O–H groups in total. The molecule has 0 heterocycles. The summed E-state index contributed by atoms with van der Waals surface area (Å²) in [7, 11) is 0. The number of carbonyl (C=O) groups excluding carboxylic acids is 1. The normalized spacial score (nSPS) is 11.4. The zero-order valence-corrected chi connectivity index (χ0v) is 9.71. The van der Waals surface area contributed by atoms with Crippen molar-refractivity contribution in [3.8, 4) is 0 Å². The molecule has 15 heavy (non-hydrogen) atoms. The first-order valence-corrected chi connectivity index (χ1v) is 5.44. The minimum Gasteiger partial charge on any atom is -0.366 e. The fourth-order valence-corrected chi connectivity index (χ4v) is 1.71. The highest BCUT2D eigenvalue weighted by Gasteiger charge is 2.22. The second-order valence-corrected chi connectivity index (χ2v) is 4.21. The molecule has 0 aliphatic heterocycles. The lowest BCUT2D eigenvalue weighted by molar-refractivity contribution is 0.1000. The van der Waals surface area contributed by atoms with E-state index < -0.39 is 0 Å². The summed E-state index contributed by atoms with van der Waals surface area (Å²) in [4.78, 5) is 11.1. The first-order valence-electron chi connectivity index (χ1n) is 5.44. The van der Waals surface area contributed by atoms with E-state index in [4.69, 9.17) is 5.73 Å². The molecule has 1 aromatic carbocycles. The summed E-state index contributed by atoms with van der Waals surface area (Å²) in [6, 6.07) is 7.64. The van der Waals surface area contributed by atoms with Crippen molar-refractivity contribution in [1.82, 2.24) is 0 Å². The van der Waals surface area contributed by atoms with Gasteiger partial charge in [-0.05, 0) is 36.0 Å². The van der Waals surface area contributed by atoms with Crippen LogP contribution in [0.2, 0.25) is 0 Å². The maximum atomic E-state index is 11.1. The Morgan fingerprint density at radius 3 is 2.40 bits per heavy atom. The van der Waals surface area contributed by atoms with Crippen LogP contribution in [0.1, 0.15) is 49.5 Å². The summed E-state index contributed by atoms with van der Waals surface area (Å²) in [5.74, 6) is -0.355. The topological polar surface area (TPSA) is 43.1 Å². The molecule has 0 aromatic heterocycles. The third kappa shape index (κ3) is 2.38. The second kappa shape index (κ2) is 4.47. The standard InChI is InChI=1S/C13H19NO/c1-4-13(3,5-2)11-8-6-7-10(9-11)12(14)15/h6-9H,4-5H2,1-3H3,(H2,14,15). The number of amides is 1. The summed E-state index contributed by atoms with van der Waals surface area (Å²) in [5, 5.41) is 0. The quantitative estimate of drug-likeness (QED) is 0.807. The van der Waals surface area contributed by atoms with Crippen LogP contribution in [0.4, 0.5) is 0 Å². The van der Waals surface area contributed by atoms with Crippen molar-refractivity contribution >= 4 is 5.91 Å². The van der Waals surface area contributed by atoms with Crippen LogP contribution in [-0.2, 0) is 5.41 Å². The highest BCUT2D eigenvalue weighted by atomic mass is 16.1. The largest absolute Gasteiger partial charge is 0.366 e. The number of rotatable bonds is 4. The molecule has 0 aliphatic carbocycles. The maximum absolute atomic E-state index is 11.1. The molecule has 1 amide bonds. The molecule has 0 radical (unpaired) electrons. The van der Waals surface area contributed by atoms with Crippen LogP contribution in [0.3, 0.4) is 0 Å². The van der Waals surface area contributed by atoms with E-state index in [2.05, 4.69) is 26.8 Å². The van der Waals surface area contributed by atoms with Crippen molar-refractivity contribution in [2.24, 2.45) is 5.73 Å². The minimum absolute atomic E-state index is 0.144. The van der Waals surface area contributed by atoms with Gasteiger partial charge in [-0.3, -0.25) is 4.79 Å². The van der Waals surface area contributed by atoms with Crippen LogP contribution in [0.25, 0.3) is 0 Å². The lowest BCUT2D eigenvalue weighted by Crippen LogP contribution is -2.20. The van der Waals surface area contributed by atoms with Gasteiger partial charge >= 0.3 is 0 Å². The molecular weight excluding hydrogens is 186 g/mol. The predicted molar refractivity (Wildman–Crippen MR) is 62.9 cm³/mol. The summed E-state index contributed by atoms with van der Waals surface area (Å²) in [6.07, 6.45) is 2.12. The van der Waals surface area contributed by atoms with E-state index >= 15 is 0 Å². The molecule has 0 aliphatic rings. The van der Waals surface area contributed by atoms with Gasteiger partial charge in [0.05, 0.1) is 0 Å². The van der Waals surface area contributed by atoms with Gasteiger partial charge in [0.2, 0.25) is 5.91 Å². The van der Waals surface area contributed by atoms with Gasteiger partial charge in [0.15, 0.2) is 0 Å². The van der Waals surface area contributed by atoms with Crippen molar-refractivity contribution in [3.63, 3.8) is 0 Å². The van der Waals surface area contributed by atoms with Gasteiger partial charge < -0.3 is 5.73 Å². The molecule has 1 rings (SSSR count). The molecule has 82 valence electrons. The average molecular weight is 205 g/mol. The van der Waals surface area contributed by atoms with Gasteiger partial charge in [0.1, 0.15) is 0 Å². The van der Waals surface area contributed by atoms with Gasteiger partial charge in [-0.1, -0.05) is 32.9 Å². The number of nitrogens with two attached hydrogens (primary N) is 1. The maximum Gasteiger partial charge on any atom is 0.248 e. The van der Waals surface area contributed by atoms with Crippen LogP contribution >= 0.6 is 0 Å².